The van der Waals surface area contributed by atoms with Crippen LogP contribution >= 0.6 is 0 Å². The van der Waals surface area contributed by atoms with E-state index in [9.17, 15) is 0 Å². The topological polar surface area (TPSA) is 26.5 Å². The fourth-order valence-electron chi connectivity index (χ4n) is 2.05. The van der Waals surface area contributed by atoms with Crippen molar-refractivity contribution in [2.45, 2.75) is 20.8 Å². The number of aromatic nitrogens is 2. The maximum Gasteiger partial charge on any atom is 0.137 e. The van der Waals surface area contributed by atoms with E-state index in [1.54, 1.807) is 7.11 Å². The summed E-state index contributed by atoms with van der Waals surface area (Å²) in [7, 11) is 1.67. The second kappa shape index (κ2) is 6.24. The van der Waals surface area contributed by atoms with Gasteiger partial charge >= 0.3 is 0 Å². The van der Waals surface area contributed by atoms with Crippen molar-refractivity contribution in [1.29, 1.82) is 0 Å². The number of ether oxygens (including phenoxy) is 1. The fourth-order valence-corrected chi connectivity index (χ4v) is 2.05. The van der Waals surface area contributed by atoms with Crippen LogP contribution in [0.25, 0.3) is 16.9 Å². The second-order valence-corrected chi connectivity index (χ2v) is 4.25. The molecule has 0 unspecified atom stereocenters. The van der Waals surface area contributed by atoms with Gasteiger partial charge in [-0.3, -0.25) is 0 Å². The lowest BCUT2D eigenvalue weighted by Gasteiger charge is -2.00. The summed E-state index contributed by atoms with van der Waals surface area (Å²) in [5.41, 5.74) is 4.23. The van der Waals surface area contributed by atoms with Crippen LogP contribution in [0.2, 0.25) is 0 Å². The third kappa shape index (κ3) is 2.67. The minimum Gasteiger partial charge on any atom is -0.497 e. The maximum absolute atomic E-state index is 5.16. The van der Waals surface area contributed by atoms with E-state index in [0.29, 0.717) is 0 Å². The van der Waals surface area contributed by atoms with Crippen LogP contribution in [0.3, 0.4) is 0 Å². The lowest BCUT2D eigenvalue weighted by molar-refractivity contribution is 0.415. The van der Waals surface area contributed by atoms with E-state index in [0.717, 1.165) is 22.7 Å². The van der Waals surface area contributed by atoms with E-state index in [4.69, 9.17) is 4.74 Å². The summed E-state index contributed by atoms with van der Waals surface area (Å²) < 4.78 is 7.25. The van der Waals surface area contributed by atoms with Crippen LogP contribution in [-0.2, 0) is 0 Å². The average Bonchev–Trinajstić information content (AvgIpc) is 2.95. The molecule has 0 bridgehead atoms. The molecular weight excluding hydrogens is 248 g/mol. The van der Waals surface area contributed by atoms with E-state index in [1.807, 2.05) is 50.2 Å². The van der Waals surface area contributed by atoms with Crippen molar-refractivity contribution in [3.8, 4) is 17.0 Å². The lowest BCUT2D eigenvalue weighted by atomic mass is 10.2. The van der Waals surface area contributed by atoms with Crippen LogP contribution < -0.4 is 4.74 Å². The maximum atomic E-state index is 5.16. The molecule has 3 aromatic rings. The van der Waals surface area contributed by atoms with E-state index >= 15 is 0 Å². The molecule has 0 N–H and O–H groups in total. The number of fused-ring (bicyclic) bond motifs is 1. The molecule has 0 amide bonds. The quantitative estimate of drug-likeness (QED) is 0.691. The van der Waals surface area contributed by atoms with Crippen molar-refractivity contribution >= 4 is 5.65 Å². The molecule has 0 atom stereocenters. The number of benzene rings is 1. The first-order chi connectivity index (χ1) is 9.78. The smallest absolute Gasteiger partial charge is 0.137 e. The van der Waals surface area contributed by atoms with Crippen LogP contribution in [0.5, 0.6) is 5.75 Å². The Balaban J connectivity index is 0.000000704. The zero-order valence-electron chi connectivity index (χ0n) is 12.4. The van der Waals surface area contributed by atoms with Crippen LogP contribution in [0.4, 0.5) is 0 Å². The Morgan fingerprint density at radius 1 is 1.00 bits per heavy atom. The third-order valence-electron chi connectivity index (χ3n) is 3.08. The van der Waals surface area contributed by atoms with E-state index < -0.39 is 0 Å². The van der Waals surface area contributed by atoms with Crippen LogP contribution in [-0.4, -0.2) is 16.5 Å². The molecule has 3 heteroatoms. The largest absolute Gasteiger partial charge is 0.497 e. The first kappa shape index (κ1) is 14.1. The Morgan fingerprint density at radius 3 is 2.30 bits per heavy atom. The predicted molar refractivity (Wildman–Crippen MR) is 83.3 cm³/mol. The molecule has 0 saturated carbocycles. The number of imidazole rings is 1. The molecule has 104 valence electrons. The number of methoxy groups -OCH3 is 1. The van der Waals surface area contributed by atoms with Gasteiger partial charge in [-0.25, -0.2) is 4.98 Å². The van der Waals surface area contributed by atoms with Gasteiger partial charge in [-0.2, -0.15) is 0 Å². The number of hydrogen-bond donors (Lipinski definition) is 0. The predicted octanol–water partition coefficient (Wildman–Crippen LogP) is 4.34. The third-order valence-corrected chi connectivity index (χ3v) is 3.08. The van der Waals surface area contributed by atoms with Gasteiger partial charge in [0.15, 0.2) is 0 Å². The fraction of sp³-hybridized carbons (Fsp3) is 0.235. The summed E-state index contributed by atoms with van der Waals surface area (Å²) in [6.45, 7) is 6.08. The minimum atomic E-state index is 0.860. The van der Waals surface area contributed by atoms with Crippen molar-refractivity contribution in [3.63, 3.8) is 0 Å². The Hall–Kier alpha value is -2.29. The number of rotatable bonds is 2. The molecule has 3 rings (SSSR count). The Morgan fingerprint density at radius 2 is 1.70 bits per heavy atom. The van der Waals surface area contributed by atoms with Crippen molar-refractivity contribution in [1.82, 2.24) is 9.38 Å². The molecule has 0 radical (unpaired) electrons. The number of pyridine rings is 1. The summed E-state index contributed by atoms with van der Waals surface area (Å²) in [6.07, 6.45) is 2.06. The first-order valence-electron chi connectivity index (χ1n) is 6.87. The Bertz CT molecular complexity index is 684. The summed E-state index contributed by atoms with van der Waals surface area (Å²) >= 11 is 0. The molecule has 0 aliphatic heterocycles. The highest BCUT2D eigenvalue weighted by Gasteiger charge is 2.05. The normalized spacial score (nSPS) is 10.0. The molecule has 2 heterocycles. The highest BCUT2D eigenvalue weighted by Crippen LogP contribution is 2.22. The zero-order chi connectivity index (χ0) is 14.5. The summed E-state index contributed by atoms with van der Waals surface area (Å²) in [4.78, 5) is 4.62. The molecule has 0 aliphatic carbocycles. The van der Waals surface area contributed by atoms with Gasteiger partial charge in [-0.15, -0.1) is 0 Å². The van der Waals surface area contributed by atoms with E-state index in [-0.39, 0.29) is 0 Å². The molecule has 20 heavy (non-hydrogen) atoms. The van der Waals surface area contributed by atoms with Gasteiger partial charge in [0, 0.05) is 17.5 Å². The standard InChI is InChI=1S/C15H14N2O.C2H6/c1-11-4-3-5-15-16-14(10-17(11)15)12-6-8-13(18-2)9-7-12;1-2/h3-10H,1-2H3;1-2H3. The van der Waals surface area contributed by atoms with Gasteiger partial charge in [0.25, 0.3) is 0 Å². The van der Waals surface area contributed by atoms with Gasteiger partial charge in [-0.05, 0) is 43.3 Å². The number of hydrogen-bond acceptors (Lipinski definition) is 2. The molecule has 2 aromatic heterocycles. The molecule has 0 saturated heterocycles. The van der Waals surface area contributed by atoms with E-state index in [2.05, 4.69) is 28.6 Å². The van der Waals surface area contributed by atoms with Crippen LogP contribution in [0, 0.1) is 6.92 Å². The molecular formula is C17H20N2O. The first-order valence-corrected chi connectivity index (χ1v) is 6.87. The summed E-state index contributed by atoms with van der Waals surface area (Å²) in [5.74, 6) is 0.860. The van der Waals surface area contributed by atoms with Gasteiger partial charge in [-0.1, -0.05) is 19.9 Å². The van der Waals surface area contributed by atoms with Gasteiger partial charge in [0.05, 0.1) is 12.8 Å². The minimum absolute atomic E-state index is 0.860. The molecule has 3 nitrogen and oxygen atoms in total. The Kier molecular flexibility index (Phi) is 4.41. The van der Waals surface area contributed by atoms with Crippen molar-refractivity contribution < 1.29 is 4.74 Å². The second-order valence-electron chi connectivity index (χ2n) is 4.25. The zero-order valence-corrected chi connectivity index (χ0v) is 12.4. The SMILES string of the molecule is CC.COc1ccc(-c2cn3c(C)cccc3n2)cc1. The summed E-state index contributed by atoms with van der Waals surface area (Å²) in [6, 6.07) is 14.1. The van der Waals surface area contributed by atoms with Gasteiger partial charge in [0.1, 0.15) is 11.4 Å². The number of aryl methyl sites for hydroxylation is 1. The van der Waals surface area contributed by atoms with Crippen LogP contribution in [0.15, 0.2) is 48.7 Å². The van der Waals surface area contributed by atoms with E-state index in [1.165, 1.54) is 5.69 Å². The van der Waals surface area contributed by atoms with Crippen molar-refractivity contribution in [2.75, 3.05) is 7.11 Å². The van der Waals surface area contributed by atoms with Crippen molar-refractivity contribution in [2.24, 2.45) is 0 Å². The highest BCUT2D eigenvalue weighted by atomic mass is 16.5. The molecule has 0 fully saturated rings. The van der Waals surface area contributed by atoms with Gasteiger partial charge < -0.3 is 9.14 Å². The van der Waals surface area contributed by atoms with Gasteiger partial charge in [0.2, 0.25) is 0 Å². The molecule has 1 aromatic carbocycles. The average molecular weight is 268 g/mol. The monoisotopic (exact) mass is 268 g/mol. The molecule has 0 spiro atoms. The molecule has 0 aliphatic rings. The lowest BCUT2D eigenvalue weighted by Crippen LogP contribution is -1.86. The Labute approximate surface area is 119 Å². The van der Waals surface area contributed by atoms with Crippen molar-refractivity contribution in [3.05, 3.63) is 54.4 Å². The number of nitrogens with zero attached hydrogens (tertiary/aromatic N) is 2. The summed E-state index contributed by atoms with van der Waals surface area (Å²) in [5, 5.41) is 0. The van der Waals surface area contributed by atoms with Crippen LogP contribution in [0.1, 0.15) is 19.5 Å². The highest BCUT2D eigenvalue weighted by molar-refractivity contribution is 5.63.